The number of nitrogens with one attached hydrogen (secondary N) is 2. The lowest BCUT2D eigenvalue weighted by atomic mass is 10.1. The number of halogens is 1. The maximum absolute atomic E-state index is 13.0. The van der Waals surface area contributed by atoms with Gasteiger partial charge in [0.1, 0.15) is 0 Å². The molecule has 0 aliphatic heterocycles. The Labute approximate surface area is 205 Å². The van der Waals surface area contributed by atoms with Gasteiger partial charge in [0.2, 0.25) is 0 Å². The second-order valence-electron chi connectivity index (χ2n) is 7.82. The third-order valence-electron chi connectivity index (χ3n) is 5.21. The maximum atomic E-state index is 13.0. The molecule has 2 N–H and O–H groups in total. The Kier molecular flexibility index (Phi) is 8.46. The van der Waals surface area contributed by atoms with Crippen LogP contribution in [0.1, 0.15) is 32.6 Å². The fourth-order valence-electron chi connectivity index (χ4n) is 3.16. The summed E-state index contributed by atoms with van der Waals surface area (Å²) >= 11 is 7.59. The summed E-state index contributed by atoms with van der Waals surface area (Å²) in [5, 5.41) is 3.57. The van der Waals surface area contributed by atoms with Gasteiger partial charge < -0.3 is 5.32 Å². The van der Waals surface area contributed by atoms with Crippen molar-refractivity contribution in [1.82, 2.24) is 5.32 Å². The van der Waals surface area contributed by atoms with E-state index in [9.17, 15) is 13.2 Å². The molecule has 0 aromatic heterocycles. The SMILES string of the molecule is Cc1ccc(NS(=O)(=O)c2cc(C(=O)NCCSCc3ccc(Cl)cc3)ccc2C)cc1C. The molecule has 0 fully saturated rings. The van der Waals surface area contributed by atoms with E-state index in [1.807, 2.05) is 44.2 Å². The molecule has 0 aliphatic carbocycles. The van der Waals surface area contributed by atoms with E-state index in [4.69, 9.17) is 11.6 Å². The monoisotopic (exact) mass is 502 g/mol. The molecule has 174 valence electrons. The van der Waals surface area contributed by atoms with Crippen molar-refractivity contribution < 1.29 is 13.2 Å². The Bertz CT molecular complexity index is 1240. The van der Waals surface area contributed by atoms with E-state index in [0.717, 1.165) is 22.6 Å². The average Bonchev–Trinajstić information content (AvgIpc) is 2.77. The Morgan fingerprint density at radius 1 is 0.909 bits per heavy atom. The van der Waals surface area contributed by atoms with Gasteiger partial charge in [-0.3, -0.25) is 9.52 Å². The molecule has 3 aromatic rings. The number of carbonyl (C=O) groups is 1. The molecule has 0 unspecified atom stereocenters. The highest BCUT2D eigenvalue weighted by Gasteiger charge is 2.19. The normalized spacial score (nSPS) is 11.3. The number of carbonyl (C=O) groups excluding carboxylic acids is 1. The van der Waals surface area contributed by atoms with Gasteiger partial charge in [-0.25, -0.2) is 8.42 Å². The number of hydrogen-bond acceptors (Lipinski definition) is 4. The van der Waals surface area contributed by atoms with Crippen molar-refractivity contribution in [1.29, 1.82) is 0 Å². The van der Waals surface area contributed by atoms with Gasteiger partial charge in [0.05, 0.1) is 4.90 Å². The predicted molar refractivity (Wildman–Crippen MR) is 138 cm³/mol. The quantitative estimate of drug-likeness (QED) is 0.366. The van der Waals surface area contributed by atoms with Crippen molar-refractivity contribution in [3.63, 3.8) is 0 Å². The van der Waals surface area contributed by atoms with E-state index < -0.39 is 10.0 Å². The molecule has 3 aromatic carbocycles. The summed E-state index contributed by atoms with van der Waals surface area (Å²) in [5.41, 5.74) is 4.61. The van der Waals surface area contributed by atoms with E-state index in [1.54, 1.807) is 43.0 Å². The molecule has 3 rings (SSSR count). The van der Waals surface area contributed by atoms with Gasteiger partial charge in [0.15, 0.2) is 0 Å². The van der Waals surface area contributed by atoms with Crippen molar-refractivity contribution in [3.8, 4) is 0 Å². The molecule has 8 heteroatoms. The lowest BCUT2D eigenvalue weighted by Crippen LogP contribution is -2.26. The van der Waals surface area contributed by atoms with Crippen LogP contribution in [0.4, 0.5) is 5.69 Å². The summed E-state index contributed by atoms with van der Waals surface area (Å²) in [7, 11) is -3.84. The van der Waals surface area contributed by atoms with E-state index in [0.29, 0.717) is 28.4 Å². The van der Waals surface area contributed by atoms with Crippen LogP contribution < -0.4 is 10.0 Å². The highest BCUT2D eigenvalue weighted by atomic mass is 35.5. The van der Waals surface area contributed by atoms with Crippen LogP contribution in [0.2, 0.25) is 5.02 Å². The number of sulfonamides is 1. The number of benzene rings is 3. The lowest BCUT2D eigenvalue weighted by Gasteiger charge is -2.13. The van der Waals surface area contributed by atoms with Crippen LogP contribution in [0, 0.1) is 20.8 Å². The first-order chi connectivity index (χ1) is 15.7. The molecule has 0 spiro atoms. The fourth-order valence-corrected chi connectivity index (χ4v) is 5.42. The molecule has 0 heterocycles. The topological polar surface area (TPSA) is 75.3 Å². The second kappa shape index (κ2) is 11.1. The van der Waals surface area contributed by atoms with Crippen LogP contribution in [0.3, 0.4) is 0 Å². The number of anilines is 1. The Morgan fingerprint density at radius 3 is 2.30 bits per heavy atom. The van der Waals surface area contributed by atoms with E-state index >= 15 is 0 Å². The first-order valence-electron chi connectivity index (χ1n) is 10.5. The number of rotatable bonds is 9. The van der Waals surface area contributed by atoms with Crippen molar-refractivity contribution in [2.24, 2.45) is 0 Å². The van der Waals surface area contributed by atoms with Crippen molar-refractivity contribution in [3.05, 3.63) is 93.5 Å². The number of hydrogen-bond donors (Lipinski definition) is 2. The summed E-state index contributed by atoms with van der Waals surface area (Å²) in [5.74, 6) is 1.26. The van der Waals surface area contributed by atoms with Crippen LogP contribution >= 0.6 is 23.4 Å². The summed E-state index contributed by atoms with van der Waals surface area (Å²) in [4.78, 5) is 12.7. The minimum Gasteiger partial charge on any atom is -0.351 e. The smallest absolute Gasteiger partial charge is 0.262 e. The Hall–Kier alpha value is -2.48. The van der Waals surface area contributed by atoms with Crippen molar-refractivity contribution >= 4 is 45.0 Å². The third kappa shape index (κ3) is 7.00. The summed E-state index contributed by atoms with van der Waals surface area (Å²) < 4.78 is 28.6. The van der Waals surface area contributed by atoms with E-state index in [1.165, 1.54) is 11.6 Å². The minimum absolute atomic E-state index is 0.0884. The van der Waals surface area contributed by atoms with E-state index in [2.05, 4.69) is 10.0 Å². The van der Waals surface area contributed by atoms with Gasteiger partial charge >= 0.3 is 0 Å². The predicted octanol–water partition coefficient (Wildman–Crippen LogP) is 5.73. The number of aryl methyl sites for hydroxylation is 3. The maximum Gasteiger partial charge on any atom is 0.262 e. The van der Waals surface area contributed by atoms with Gasteiger partial charge in [-0.05, 0) is 79.4 Å². The van der Waals surface area contributed by atoms with E-state index in [-0.39, 0.29) is 10.8 Å². The van der Waals surface area contributed by atoms with Crippen LogP contribution in [0.15, 0.2) is 65.6 Å². The van der Waals surface area contributed by atoms with Crippen LogP contribution in [-0.4, -0.2) is 26.6 Å². The molecule has 0 saturated heterocycles. The molecule has 0 bridgehead atoms. The first kappa shape index (κ1) is 25.1. The second-order valence-corrected chi connectivity index (χ2v) is 11.0. The zero-order valence-electron chi connectivity index (χ0n) is 18.8. The summed E-state index contributed by atoms with van der Waals surface area (Å²) in [6.07, 6.45) is 0. The highest BCUT2D eigenvalue weighted by Crippen LogP contribution is 2.22. The molecule has 0 aliphatic rings. The Morgan fingerprint density at radius 2 is 1.61 bits per heavy atom. The van der Waals surface area contributed by atoms with Gasteiger partial charge in [0, 0.05) is 34.3 Å². The van der Waals surface area contributed by atoms with Crippen LogP contribution in [-0.2, 0) is 15.8 Å². The van der Waals surface area contributed by atoms with Crippen LogP contribution in [0.5, 0.6) is 0 Å². The van der Waals surface area contributed by atoms with Gasteiger partial charge in [-0.1, -0.05) is 35.9 Å². The highest BCUT2D eigenvalue weighted by molar-refractivity contribution is 7.98. The van der Waals surface area contributed by atoms with Crippen molar-refractivity contribution in [2.45, 2.75) is 31.4 Å². The minimum atomic E-state index is -3.84. The fraction of sp³-hybridized carbons (Fsp3) is 0.240. The first-order valence-corrected chi connectivity index (χ1v) is 13.5. The van der Waals surface area contributed by atoms with Crippen LogP contribution in [0.25, 0.3) is 0 Å². The molecule has 0 atom stereocenters. The largest absolute Gasteiger partial charge is 0.351 e. The Balaban J connectivity index is 1.60. The molecular formula is C25H27ClN2O3S2. The molecule has 33 heavy (non-hydrogen) atoms. The number of amides is 1. The van der Waals surface area contributed by atoms with Gasteiger partial charge in [-0.15, -0.1) is 0 Å². The zero-order chi connectivity index (χ0) is 24.0. The third-order valence-corrected chi connectivity index (χ3v) is 8.02. The zero-order valence-corrected chi connectivity index (χ0v) is 21.2. The molecule has 0 saturated carbocycles. The van der Waals surface area contributed by atoms with Crippen molar-refractivity contribution in [2.75, 3.05) is 17.0 Å². The average molecular weight is 503 g/mol. The standard InChI is InChI=1S/C25H27ClN2O3S2/c1-17-5-11-23(14-19(17)3)28-33(30,31)24-15-21(8-4-18(24)2)25(29)27-12-13-32-16-20-6-9-22(26)10-7-20/h4-11,14-15,28H,12-13,16H2,1-3H3,(H,27,29). The summed E-state index contributed by atoms with van der Waals surface area (Å²) in [6.45, 7) is 6.09. The molecule has 1 amide bonds. The molecular weight excluding hydrogens is 476 g/mol. The lowest BCUT2D eigenvalue weighted by molar-refractivity contribution is 0.0956. The summed E-state index contributed by atoms with van der Waals surface area (Å²) in [6, 6.07) is 17.8. The van der Waals surface area contributed by atoms with Gasteiger partial charge in [0.25, 0.3) is 15.9 Å². The van der Waals surface area contributed by atoms with Gasteiger partial charge in [-0.2, -0.15) is 11.8 Å². The number of thioether (sulfide) groups is 1. The molecule has 5 nitrogen and oxygen atoms in total. The molecule has 0 radical (unpaired) electrons.